The van der Waals surface area contributed by atoms with E-state index < -0.39 is 0 Å². The SMILES string of the molecule is c1ccc(-c2cc(-c3ccccc3)c3c4ccc(-c5ccc(N(c6ccccc6)c6ccccc6)cc5)cc4c4ccccc4c3c2-c2ccccc2)cc1. The molecule has 10 rings (SSSR count). The molecule has 0 saturated carbocycles. The molecule has 0 aromatic heterocycles. The maximum atomic E-state index is 2.43. The Hall–Kier alpha value is -7.22. The second-order valence-electron chi connectivity index (χ2n) is 14.1. The minimum absolute atomic E-state index is 1.12. The molecule has 0 N–H and O–H groups in total. The molecular formula is C54H37N. The highest BCUT2D eigenvalue weighted by Crippen LogP contribution is 2.49. The number of para-hydroxylation sites is 2. The number of hydrogen-bond donors (Lipinski definition) is 0. The van der Waals surface area contributed by atoms with Crippen molar-refractivity contribution in [3.8, 4) is 44.5 Å². The summed E-state index contributed by atoms with van der Waals surface area (Å²) in [6, 6.07) is 81.3. The molecule has 0 amide bonds. The lowest BCUT2D eigenvalue weighted by Gasteiger charge is -2.25. The molecule has 0 aliphatic carbocycles. The first-order valence-electron chi connectivity index (χ1n) is 18.9. The summed E-state index contributed by atoms with van der Waals surface area (Å²) in [6.07, 6.45) is 0. The highest BCUT2D eigenvalue weighted by atomic mass is 15.1. The molecule has 0 aliphatic rings. The molecule has 10 aromatic rings. The van der Waals surface area contributed by atoms with Gasteiger partial charge in [0.25, 0.3) is 0 Å². The zero-order valence-electron chi connectivity index (χ0n) is 30.3. The first kappa shape index (κ1) is 32.4. The van der Waals surface area contributed by atoms with Crippen molar-refractivity contribution in [1.82, 2.24) is 0 Å². The quantitative estimate of drug-likeness (QED) is 0.150. The molecule has 0 bridgehead atoms. The van der Waals surface area contributed by atoms with Gasteiger partial charge in [-0.05, 0) is 125 Å². The summed E-state index contributed by atoms with van der Waals surface area (Å²) < 4.78 is 0. The lowest BCUT2D eigenvalue weighted by Crippen LogP contribution is -2.09. The molecular weight excluding hydrogens is 663 g/mol. The highest BCUT2D eigenvalue weighted by molar-refractivity contribution is 6.33. The van der Waals surface area contributed by atoms with Gasteiger partial charge in [-0.1, -0.05) is 176 Å². The van der Waals surface area contributed by atoms with Gasteiger partial charge in [0.1, 0.15) is 0 Å². The highest BCUT2D eigenvalue weighted by Gasteiger charge is 2.22. The molecule has 0 atom stereocenters. The predicted octanol–water partition coefficient (Wildman–Crippen LogP) is 15.3. The van der Waals surface area contributed by atoms with E-state index in [1.807, 2.05) is 0 Å². The van der Waals surface area contributed by atoms with Crippen LogP contribution in [0.2, 0.25) is 0 Å². The average molecular weight is 700 g/mol. The molecule has 1 nitrogen and oxygen atoms in total. The van der Waals surface area contributed by atoms with Crippen molar-refractivity contribution in [1.29, 1.82) is 0 Å². The number of nitrogens with zero attached hydrogens (tertiary/aromatic N) is 1. The van der Waals surface area contributed by atoms with E-state index in [4.69, 9.17) is 0 Å². The zero-order chi connectivity index (χ0) is 36.6. The third kappa shape index (κ3) is 5.84. The van der Waals surface area contributed by atoms with E-state index in [2.05, 4.69) is 229 Å². The zero-order valence-corrected chi connectivity index (χ0v) is 30.3. The average Bonchev–Trinajstić information content (AvgIpc) is 3.27. The normalized spacial score (nSPS) is 11.3. The molecule has 0 spiro atoms. The van der Waals surface area contributed by atoms with Crippen LogP contribution < -0.4 is 4.90 Å². The number of fused-ring (bicyclic) bond motifs is 6. The first-order valence-corrected chi connectivity index (χ1v) is 18.9. The second kappa shape index (κ2) is 14.0. The fourth-order valence-electron chi connectivity index (χ4n) is 8.33. The van der Waals surface area contributed by atoms with E-state index in [0.717, 1.165) is 17.1 Å². The van der Waals surface area contributed by atoms with Gasteiger partial charge in [-0.25, -0.2) is 0 Å². The third-order valence-electron chi connectivity index (χ3n) is 10.8. The number of anilines is 3. The Balaban J connectivity index is 1.22. The summed E-state index contributed by atoms with van der Waals surface area (Å²) in [5.41, 5.74) is 13.1. The Kier molecular flexibility index (Phi) is 8.24. The van der Waals surface area contributed by atoms with Crippen molar-refractivity contribution in [3.05, 3.63) is 224 Å². The van der Waals surface area contributed by atoms with Gasteiger partial charge in [-0.3, -0.25) is 0 Å². The topological polar surface area (TPSA) is 3.24 Å². The summed E-state index contributed by atoms with van der Waals surface area (Å²) in [5, 5.41) is 7.58. The van der Waals surface area contributed by atoms with Gasteiger partial charge in [0.05, 0.1) is 0 Å². The van der Waals surface area contributed by atoms with Crippen molar-refractivity contribution in [2.45, 2.75) is 0 Å². The van der Waals surface area contributed by atoms with Gasteiger partial charge in [0.2, 0.25) is 0 Å². The molecule has 55 heavy (non-hydrogen) atoms. The number of benzene rings is 10. The van der Waals surface area contributed by atoms with Gasteiger partial charge >= 0.3 is 0 Å². The van der Waals surface area contributed by atoms with Crippen molar-refractivity contribution in [2.24, 2.45) is 0 Å². The van der Waals surface area contributed by atoms with Crippen LogP contribution in [-0.2, 0) is 0 Å². The molecule has 0 aliphatic heterocycles. The summed E-state index contributed by atoms with van der Waals surface area (Å²) in [5.74, 6) is 0. The fraction of sp³-hybridized carbons (Fsp3) is 0. The van der Waals surface area contributed by atoms with E-state index in [1.165, 1.54) is 76.8 Å². The Morgan fingerprint density at radius 1 is 0.236 bits per heavy atom. The Bertz CT molecular complexity index is 2880. The third-order valence-corrected chi connectivity index (χ3v) is 10.8. The lowest BCUT2D eigenvalue weighted by molar-refractivity contribution is 1.28. The van der Waals surface area contributed by atoms with E-state index >= 15 is 0 Å². The van der Waals surface area contributed by atoms with Crippen LogP contribution in [0.15, 0.2) is 224 Å². The molecule has 0 saturated heterocycles. The van der Waals surface area contributed by atoms with Gasteiger partial charge in [0, 0.05) is 17.1 Å². The predicted molar refractivity (Wildman–Crippen MR) is 235 cm³/mol. The summed E-state index contributed by atoms with van der Waals surface area (Å²) >= 11 is 0. The van der Waals surface area contributed by atoms with Gasteiger partial charge in [0.15, 0.2) is 0 Å². The van der Waals surface area contributed by atoms with Gasteiger partial charge < -0.3 is 4.90 Å². The lowest BCUT2D eigenvalue weighted by atomic mass is 9.81. The van der Waals surface area contributed by atoms with Crippen LogP contribution in [0, 0.1) is 0 Å². The van der Waals surface area contributed by atoms with Crippen molar-refractivity contribution in [2.75, 3.05) is 4.90 Å². The minimum Gasteiger partial charge on any atom is -0.311 e. The maximum Gasteiger partial charge on any atom is 0.0462 e. The van der Waals surface area contributed by atoms with E-state index in [1.54, 1.807) is 0 Å². The van der Waals surface area contributed by atoms with Crippen LogP contribution in [0.4, 0.5) is 17.1 Å². The minimum atomic E-state index is 1.12. The molecule has 1 heteroatoms. The van der Waals surface area contributed by atoms with Crippen molar-refractivity contribution in [3.63, 3.8) is 0 Å². The molecule has 258 valence electrons. The largest absolute Gasteiger partial charge is 0.311 e. The monoisotopic (exact) mass is 699 g/mol. The van der Waals surface area contributed by atoms with Crippen LogP contribution in [0.25, 0.3) is 76.8 Å². The second-order valence-corrected chi connectivity index (χ2v) is 14.1. The van der Waals surface area contributed by atoms with Crippen LogP contribution in [0.5, 0.6) is 0 Å². The van der Waals surface area contributed by atoms with Crippen LogP contribution in [0.3, 0.4) is 0 Å². The fourth-order valence-corrected chi connectivity index (χ4v) is 8.33. The molecule has 0 radical (unpaired) electrons. The van der Waals surface area contributed by atoms with Crippen LogP contribution in [0.1, 0.15) is 0 Å². The number of rotatable bonds is 7. The Morgan fingerprint density at radius 3 is 1.25 bits per heavy atom. The van der Waals surface area contributed by atoms with Crippen molar-refractivity contribution >= 4 is 49.4 Å². The molecule has 0 heterocycles. The van der Waals surface area contributed by atoms with E-state index in [9.17, 15) is 0 Å². The molecule has 0 unspecified atom stereocenters. The standard InChI is InChI=1S/C54H37N/c1-6-18-39(19-7-1)49-37-50(40-20-8-2-9-21-40)53-48-35-32-42(36-51(48)46-28-16-17-29-47(46)54(53)52(49)41-22-10-3-11-23-41)38-30-33-45(34-31-38)55(43-24-12-4-13-25-43)44-26-14-5-15-27-44/h1-37H. The van der Waals surface area contributed by atoms with Crippen LogP contribution >= 0.6 is 0 Å². The molecule has 10 aromatic carbocycles. The van der Waals surface area contributed by atoms with E-state index in [0.29, 0.717) is 0 Å². The summed E-state index contributed by atoms with van der Waals surface area (Å²) in [6.45, 7) is 0. The maximum absolute atomic E-state index is 2.43. The Morgan fingerprint density at radius 2 is 0.673 bits per heavy atom. The smallest absolute Gasteiger partial charge is 0.0462 e. The van der Waals surface area contributed by atoms with Crippen LogP contribution in [-0.4, -0.2) is 0 Å². The summed E-state index contributed by atoms with van der Waals surface area (Å²) in [7, 11) is 0. The van der Waals surface area contributed by atoms with E-state index in [-0.39, 0.29) is 0 Å². The molecule has 0 fully saturated rings. The Labute approximate surface area is 322 Å². The first-order chi connectivity index (χ1) is 27.3. The summed E-state index contributed by atoms with van der Waals surface area (Å²) in [4.78, 5) is 2.31. The van der Waals surface area contributed by atoms with Crippen molar-refractivity contribution < 1.29 is 0 Å². The number of hydrogen-bond acceptors (Lipinski definition) is 1. The van der Waals surface area contributed by atoms with Gasteiger partial charge in [-0.15, -0.1) is 0 Å². The van der Waals surface area contributed by atoms with Gasteiger partial charge in [-0.2, -0.15) is 0 Å².